The van der Waals surface area contributed by atoms with Crippen molar-refractivity contribution >= 4 is 17.6 Å². The summed E-state index contributed by atoms with van der Waals surface area (Å²) in [7, 11) is 0. The van der Waals surface area contributed by atoms with Gasteiger partial charge in [0, 0.05) is 16.8 Å². The minimum absolute atomic E-state index is 0.192. The molecule has 0 radical (unpaired) electrons. The van der Waals surface area contributed by atoms with Crippen molar-refractivity contribution in [2.75, 3.05) is 0 Å². The van der Waals surface area contributed by atoms with Gasteiger partial charge in [0.25, 0.3) is 5.79 Å². The molecule has 1 aliphatic rings. The number of hydrogen-bond acceptors (Lipinski definition) is 4. The van der Waals surface area contributed by atoms with Gasteiger partial charge in [-0.3, -0.25) is 4.98 Å². The molecule has 2 heterocycles. The number of hydrogen-bond donors (Lipinski definition) is 1. The van der Waals surface area contributed by atoms with Crippen molar-refractivity contribution in [2.24, 2.45) is 0 Å². The van der Waals surface area contributed by atoms with E-state index in [0.717, 1.165) is 0 Å². The van der Waals surface area contributed by atoms with Gasteiger partial charge in [-0.2, -0.15) is 0 Å². The van der Waals surface area contributed by atoms with Crippen LogP contribution in [-0.2, 0) is 10.5 Å². The number of nitrogens with zero attached hydrogens (tertiary/aromatic N) is 1. The lowest BCUT2D eigenvalue weighted by atomic mass is 10.0. The zero-order valence-electron chi connectivity index (χ0n) is 9.13. The first-order valence-electron chi connectivity index (χ1n) is 5.28. The van der Waals surface area contributed by atoms with E-state index in [0.29, 0.717) is 10.6 Å². The smallest absolute Gasteiger partial charge is 0.343 e. The number of esters is 1. The molecular weight excluding hydrogens is 254 g/mol. The van der Waals surface area contributed by atoms with Crippen LogP contribution in [0.25, 0.3) is 0 Å². The molecule has 1 unspecified atom stereocenters. The van der Waals surface area contributed by atoms with Crippen LogP contribution in [0.1, 0.15) is 21.6 Å². The number of carbonyl (C=O) groups excluding carboxylic acids is 1. The van der Waals surface area contributed by atoms with Gasteiger partial charge in [-0.15, -0.1) is 0 Å². The number of halogens is 1. The number of ether oxygens (including phenoxy) is 1. The molecule has 0 saturated heterocycles. The zero-order valence-corrected chi connectivity index (χ0v) is 9.89. The molecule has 0 amide bonds. The first-order chi connectivity index (χ1) is 8.61. The average Bonchev–Trinajstić information content (AvgIpc) is 2.64. The molecule has 1 aromatic heterocycles. The number of pyridine rings is 1. The van der Waals surface area contributed by atoms with E-state index >= 15 is 0 Å². The largest absolute Gasteiger partial charge is 0.419 e. The predicted molar refractivity (Wildman–Crippen MR) is 64.1 cm³/mol. The number of aliphatic hydroxyl groups is 1. The molecule has 1 atom stereocenters. The quantitative estimate of drug-likeness (QED) is 0.799. The topological polar surface area (TPSA) is 59.4 Å². The van der Waals surface area contributed by atoms with Gasteiger partial charge in [-0.05, 0) is 24.3 Å². The third kappa shape index (κ3) is 1.50. The fourth-order valence-corrected chi connectivity index (χ4v) is 2.16. The van der Waals surface area contributed by atoms with Gasteiger partial charge in [0.05, 0.1) is 5.56 Å². The Morgan fingerprint density at radius 1 is 1.28 bits per heavy atom. The highest BCUT2D eigenvalue weighted by atomic mass is 35.5. The first kappa shape index (κ1) is 11.2. The van der Waals surface area contributed by atoms with Crippen molar-refractivity contribution in [1.82, 2.24) is 4.98 Å². The predicted octanol–water partition coefficient (Wildman–Crippen LogP) is 2.10. The molecule has 0 fully saturated rings. The maximum Gasteiger partial charge on any atom is 0.343 e. The fourth-order valence-electron chi connectivity index (χ4n) is 1.97. The average molecular weight is 262 g/mol. The molecule has 5 heteroatoms. The molecule has 2 aromatic rings. The van der Waals surface area contributed by atoms with Crippen LogP contribution >= 0.6 is 11.6 Å². The lowest BCUT2D eigenvalue weighted by molar-refractivity contribution is -0.131. The minimum atomic E-state index is -1.86. The van der Waals surface area contributed by atoms with E-state index < -0.39 is 11.8 Å². The van der Waals surface area contributed by atoms with Crippen molar-refractivity contribution in [3.05, 3.63) is 64.4 Å². The Morgan fingerprint density at radius 3 is 2.89 bits per heavy atom. The van der Waals surface area contributed by atoms with Crippen LogP contribution < -0.4 is 0 Å². The Labute approximate surface area is 108 Å². The molecule has 1 aromatic carbocycles. The molecule has 0 bridgehead atoms. The summed E-state index contributed by atoms with van der Waals surface area (Å²) in [5, 5.41) is 11.0. The normalized spacial score (nSPS) is 21.6. The van der Waals surface area contributed by atoms with Crippen LogP contribution in [0.5, 0.6) is 0 Å². The standard InChI is InChI=1S/C13H8ClNO3/c14-9-4-1-3-8(7-9)13(17)11-10(12(16)18-13)5-2-6-15-11/h1-7,17H. The van der Waals surface area contributed by atoms with Gasteiger partial charge in [0.2, 0.25) is 0 Å². The summed E-state index contributed by atoms with van der Waals surface area (Å²) in [5.41, 5.74) is 0.832. The third-order valence-corrected chi connectivity index (χ3v) is 3.04. The highest BCUT2D eigenvalue weighted by Crippen LogP contribution is 2.38. The summed E-state index contributed by atoms with van der Waals surface area (Å²) in [6.07, 6.45) is 1.50. The second kappa shape index (κ2) is 3.80. The molecule has 4 nitrogen and oxygen atoms in total. The van der Waals surface area contributed by atoms with Crippen molar-refractivity contribution < 1.29 is 14.6 Å². The molecule has 0 saturated carbocycles. The van der Waals surface area contributed by atoms with E-state index in [9.17, 15) is 9.90 Å². The number of aromatic nitrogens is 1. The van der Waals surface area contributed by atoms with Gasteiger partial charge in [-0.25, -0.2) is 4.79 Å². The summed E-state index contributed by atoms with van der Waals surface area (Å²) in [4.78, 5) is 15.7. The SMILES string of the molecule is O=C1OC(O)(c2cccc(Cl)c2)c2ncccc21. The summed E-state index contributed by atoms with van der Waals surface area (Å²) in [5.74, 6) is -2.46. The van der Waals surface area contributed by atoms with Gasteiger partial charge in [0.1, 0.15) is 5.69 Å². The number of benzene rings is 1. The lowest BCUT2D eigenvalue weighted by Gasteiger charge is -2.21. The van der Waals surface area contributed by atoms with Gasteiger partial charge in [0.15, 0.2) is 0 Å². The van der Waals surface area contributed by atoms with E-state index in [-0.39, 0.29) is 11.3 Å². The molecule has 0 spiro atoms. The maximum absolute atomic E-state index is 11.7. The fraction of sp³-hybridized carbons (Fsp3) is 0.0769. The van der Waals surface area contributed by atoms with Crippen molar-refractivity contribution in [1.29, 1.82) is 0 Å². The highest BCUT2D eigenvalue weighted by molar-refractivity contribution is 6.30. The highest BCUT2D eigenvalue weighted by Gasteiger charge is 2.47. The van der Waals surface area contributed by atoms with Crippen molar-refractivity contribution in [3.8, 4) is 0 Å². The van der Waals surface area contributed by atoms with E-state index in [1.165, 1.54) is 6.20 Å². The lowest BCUT2D eigenvalue weighted by Crippen LogP contribution is -2.28. The van der Waals surface area contributed by atoms with Crippen LogP contribution in [0.3, 0.4) is 0 Å². The molecule has 1 aliphatic heterocycles. The molecule has 18 heavy (non-hydrogen) atoms. The van der Waals surface area contributed by atoms with Crippen molar-refractivity contribution in [2.45, 2.75) is 5.79 Å². The van der Waals surface area contributed by atoms with Crippen LogP contribution in [0.15, 0.2) is 42.6 Å². The van der Waals surface area contributed by atoms with Gasteiger partial charge >= 0.3 is 5.97 Å². The summed E-state index contributed by atoms with van der Waals surface area (Å²) in [6, 6.07) is 9.69. The summed E-state index contributed by atoms with van der Waals surface area (Å²) in [6.45, 7) is 0. The Balaban J connectivity index is 2.21. The van der Waals surface area contributed by atoms with Crippen molar-refractivity contribution in [3.63, 3.8) is 0 Å². The van der Waals surface area contributed by atoms with Gasteiger partial charge in [-0.1, -0.05) is 23.7 Å². The van der Waals surface area contributed by atoms with Crippen LogP contribution in [0.2, 0.25) is 5.02 Å². The van der Waals surface area contributed by atoms with Crippen LogP contribution in [0.4, 0.5) is 0 Å². The number of rotatable bonds is 1. The zero-order chi connectivity index (χ0) is 12.8. The van der Waals surface area contributed by atoms with E-state index in [2.05, 4.69) is 4.98 Å². The van der Waals surface area contributed by atoms with E-state index in [1.807, 2.05) is 0 Å². The summed E-state index contributed by atoms with van der Waals surface area (Å²) >= 11 is 5.88. The Hall–Kier alpha value is -1.91. The molecule has 0 aliphatic carbocycles. The summed E-state index contributed by atoms with van der Waals surface area (Å²) < 4.78 is 5.06. The van der Waals surface area contributed by atoms with Crippen LogP contribution in [0, 0.1) is 0 Å². The third-order valence-electron chi connectivity index (χ3n) is 2.80. The molecule has 90 valence electrons. The molecular formula is C13H8ClNO3. The van der Waals surface area contributed by atoms with Gasteiger partial charge < -0.3 is 9.84 Å². The van der Waals surface area contributed by atoms with E-state index in [4.69, 9.17) is 16.3 Å². The number of cyclic esters (lactones) is 1. The Bertz CT molecular complexity index is 644. The first-order valence-corrected chi connectivity index (χ1v) is 5.66. The Kier molecular flexibility index (Phi) is 2.36. The van der Waals surface area contributed by atoms with Crippen LogP contribution in [-0.4, -0.2) is 16.1 Å². The number of carbonyl (C=O) groups is 1. The monoisotopic (exact) mass is 261 g/mol. The Morgan fingerprint density at radius 2 is 2.11 bits per heavy atom. The molecule has 1 N–H and O–H groups in total. The minimum Gasteiger partial charge on any atom is -0.419 e. The molecule has 3 rings (SSSR count). The second-order valence-corrected chi connectivity index (χ2v) is 4.38. The van der Waals surface area contributed by atoms with E-state index in [1.54, 1.807) is 36.4 Å². The second-order valence-electron chi connectivity index (χ2n) is 3.94. The maximum atomic E-state index is 11.7. The number of fused-ring (bicyclic) bond motifs is 1.